The highest BCUT2D eigenvalue weighted by molar-refractivity contribution is 7.47. The van der Waals surface area contributed by atoms with Crippen LogP contribution in [0.2, 0.25) is 0 Å². The summed E-state index contributed by atoms with van der Waals surface area (Å²) in [6, 6.07) is 0. The third-order valence-corrected chi connectivity index (χ3v) is 10.6. The van der Waals surface area contributed by atoms with Crippen molar-refractivity contribution >= 4 is 13.8 Å². The first-order chi connectivity index (χ1) is 28.3. The molecule has 0 rings (SSSR count). The van der Waals surface area contributed by atoms with Gasteiger partial charge in [-0.3, -0.25) is 13.8 Å². The Balaban J connectivity index is 4.16. The van der Waals surface area contributed by atoms with Crippen molar-refractivity contribution in [3.8, 4) is 0 Å². The number of esters is 1. The van der Waals surface area contributed by atoms with Gasteiger partial charge in [0.25, 0.3) is 0 Å². The molecule has 0 aromatic heterocycles. The SMILES string of the molecule is CC/C=C\C/C=C\C/C=C\C/C=C\CCCCCCCCCCC(=O)OC(COCCCCCCCC/C=C\CCCCCCCC)COP(=O)(O)OCC(O)CO. The van der Waals surface area contributed by atoms with Gasteiger partial charge in [0.05, 0.1) is 26.4 Å². The van der Waals surface area contributed by atoms with Gasteiger partial charge in [0.2, 0.25) is 0 Å². The second-order valence-corrected chi connectivity index (χ2v) is 16.8. The molecule has 3 unspecified atom stereocenters. The van der Waals surface area contributed by atoms with Crippen molar-refractivity contribution in [2.45, 2.75) is 206 Å². The van der Waals surface area contributed by atoms with Gasteiger partial charge in [0.15, 0.2) is 0 Å². The number of hydrogen-bond acceptors (Lipinski definition) is 8. The normalized spacial score (nSPS) is 14.5. The molecule has 0 amide bonds. The van der Waals surface area contributed by atoms with Gasteiger partial charge in [-0.05, 0) is 77.0 Å². The van der Waals surface area contributed by atoms with Crippen LogP contribution in [0.25, 0.3) is 0 Å². The standard InChI is InChI=1S/C48H87O9P/c1-3-5-7-9-11-13-15-17-19-21-22-23-24-25-26-28-30-32-34-36-38-40-48(51)57-47(45-56-58(52,53)55-43-46(50)42-49)44-54-41-39-37-35-33-31-29-27-20-18-16-14-12-10-8-6-4-2/h5,7,11,13,17-20,22-23,46-47,49-50H,3-4,6,8-10,12,14-16,21,24-45H2,1-2H3,(H,52,53)/b7-5-,13-11-,19-17-,20-18-,23-22-. The summed E-state index contributed by atoms with van der Waals surface area (Å²) < 4.78 is 33.4. The molecule has 0 aromatic carbocycles. The van der Waals surface area contributed by atoms with E-state index in [1.54, 1.807) is 0 Å². The predicted octanol–water partition coefficient (Wildman–Crippen LogP) is 13.1. The molecule has 58 heavy (non-hydrogen) atoms. The highest BCUT2D eigenvalue weighted by Crippen LogP contribution is 2.43. The van der Waals surface area contributed by atoms with E-state index in [0.29, 0.717) is 6.61 Å². The lowest BCUT2D eigenvalue weighted by Crippen LogP contribution is -2.29. The summed E-state index contributed by atoms with van der Waals surface area (Å²) in [5.41, 5.74) is 0. The van der Waals surface area contributed by atoms with Crippen molar-refractivity contribution in [3.63, 3.8) is 0 Å². The molecule has 0 aliphatic carbocycles. The molecular weight excluding hydrogens is 751 g/mol. The molecule has 338 valence electrons. The van der Waals surface area contributed by atoms with E-state index >= 15 is 0 Å². The molecule has 0 aliphatic heterocycles. The Morgan fingerprint density at radius 3 is 1.50 bits per heavy atom. The van der Waals surface area contributed by atoms with Crippen LogP contribution in [0.1, 0.15) is 194 Å². The van der Waals surface area contributed by atoms with Crippen LogP contribution < -0.4 is 0 Å². The molecule has 0 saturated heterocycles. The third kappa shape index (κ3) is 43.7. The number of phosphoric acid groups is 1. The van der Waals surface area contributed by atoms with E-state index in [-0.39, 0.29) is 19.6 Å². The van der Waals surface area contributed by atoms with E-state index in [0.717, 1.165) is 83.5 Å². The zero-order chi connectivity index (χ0) is 42.5. The quantitative estimate of drug-likeness (QED) is 0.0237. The van der Waals surface area contributed by atoms with Crippen molar-refractivity contribution in [2.24, 2.45) is 0 Å². The van der Waals surface area contributed by atoms with Crippen LogP contribution in [-0.4, -0.2) is 66.3 Å². The van der Waals surface area contributed by atoms with Gasteiger partial charge < -0.3 is 24.6 Å². The summed E-state index contributed by atoms with van der Waals surface area (Å²) in [7, 11) is -4.53. The smallest absolute Gasteiger partial charge is 0.457 e. The maximum atomic E-state index is 12.6. The fourth-order valence-corrected chi connectivity index (χ4v) is 6.95. The monoisotopic (exact) mass is 839 g/mol. The number of carbonyl (C=O) groups excluding carboxylic acids is 1. The average Bonchev–Trinajstić information content (AvgIpc) is 3.21. The molecule has 0 saturated carbocycles. The highest BCUT2D eigenvalue weighted by Gasteiger charge is 2.26. The van der Waals surface area contributed by atoms with Crippen LogP contribution in [0.4, 0.5) is 0 Å². The molecule has 0 heterocycles. The van der Waals surface area contributed by atoms with Crippen LogP contribution in [-0.2, 0) is 27.9 Å². The molecule has 0 bridgehead atoms. The molecule has 0 aromatic rings. The largest absolute Gasteiger partial charge is 0.472 e. The molecule has 9 nitrogen and oxygen atoms in total. The summed E-state index contributed by atoms with van der Waals surface area (Å²) in [4.78, 5) is 22.6. The number of allylic oxidation sites excluding steroid dienone is 10. The minimum Gasteiger partial charge on any atom is -0.457 e. The minimum atomic E-state index is -4.53. The van der Waals surface area contributed by atoms with Gasteiger partial charge in [-0.15, -0.1) is 0 Å². The lowest BCUT2D eigenvalue weighted by Gasteiger charge is -2.20. The third-order valence-electron chi connectivity index (χ3n) is 9.69. The highest BCUT2D eigenvalue weighted by atomic mass is 31.2. The number of aliphatic hydroxyl groups excluding tert-OH is 2. The van der Waals surface area contributed by atoms with E-state index in [1.807, 2.05) is 0 Å². The first kappa shape index (κ1) is 56.2. The maximum Gasteiger partial charge on any atom is 0.472 e. The van der Waals surface area contributed by atoms with Crippen molar-refractivity contribution in [3.05, 3.63) is 60.8 Å². The van der Waals surface area contributed by atoms with E-state index in [1.165, 1.54) is 89.9 Å². The Bertz CT molecular complexity index is 1090. The van der Waals surface area contributed by atoms with Crippen molar-refractivity contribution in [2.75, 3.05) is 33.0 Å². The zero-order valence-electron chi connectivity index (χ0n) is 37.0. The van der Waals surface area contributed by atoms with Crippen LogP contribution in [0.5, 0.6) is 0 Å². The summed E-state index contributed by atoms with van der Waals surface area (Å²) in [6.07, 6.45) is 51.7. The lowest BCUT2D eigenvalue weighted by atomic mass is 10.1. The average molecular weight is 839 g/mol. The Labute approximate surface area is 355 Å². The fraction of sp³-hybridized carbons (Fsp3) is 0.771. The summed E-state index contributed by atoms with van der Waals surface area (Å²) >= 11 is 0. The second kappa shape index (κ2) is 44.7. The summed E-state index contributed by atoms with van der Waals surface area (Å²) in [5, 5.41) is 18.4. The first-order valence-corrected chi connectivity index (χ1v) is 24.8. The lowest BCUT2D eigenvalue weighted by molar-refractivity contribution is -0.154. The maximum absolute atomic E-state index is 12.6. The zero-order valence-corrected chi connectivity index (χ0v) is 37.9. The van der Waals surface area contributed by atoms with Crippen LogP contribution in [0.3, 0.4) is 0 Å². The van der Waals surface area contributed by atoms with E-state index < -0.39 is 39.2 Å². The number of aliphatic hydroxyl groups is 2. The molecule has 3 atom stereocenters. The Morgan fingerprint density at radius 1 is 0.552 bits per heavy atom. The predicted molar refractivity (Wildman–Crippen MR) is 242 cm³/mol. The van der Waals surface area contributed by atoms with Gasteiger partial charge in [-0.2, -0.15) is 0 Å². The van der Waals surface area contributed by atoms with Gasteiger partial charge in [-0.1, -0.05) is 171 Å². The molecular formula is C48H87O9P. The number of carbonyl (C=O) groups is 1. The Kier molecular flexibility index (Phi) is 43.3. The number of hydrogen-bond donors (Lipinski definition) is 3. The van der Waals surface area contributed by atoms with Crippen LogP contribution in [0, 0.1) is 0 Å². The second-order valence-electron chi connectivity index (χ2n) is 15.4. The Hall–Kier alpha value is -1.84. The summed E-state index contributed by atoms with van der Waals surface area (Å²) in [6.45, 7) is 3.38. The molecule has 0 fully saturated rings. The minimum absolute atomic E-state index is 0.0400. The number of rotatable bonds is 44. The first-order valence-electron chi connectivity index (χ1n) is 23.3. The van der Waals surface area contributed by atoms with Crippen molar-refractivity contribution in [1.29, 1.82) is 0 Å². The number of ether oxygens (including phenoxy) is 2. The topological polar surface area (TPSA) is 132 Å². The van der Waals surface area contributed by atoms with Gasteiger partial charge in [0, 0.05) is 13.0 Å². The number of unbranched alkanes of at least 4 members (excludes halogenated alkanes) is 20. The van der Waals surface area contributed by atoms with Crippen molar-refractivity contribution < 1.29 is 43.0 Å². The molecule has 0 aliphatic rings. The van der Waals surface area contributed by atoms with Crippen molar-refractivity contribution in [1.82, 2.24) is 0 Å². The van der Waals surface area contributed by atoms with E-state index in [9.17, 15) is 19.4 Å². The molecule has 3 N–H and O–H groups in total. The van der Waals surface area contributed by atoms with Gasteiger partial charge in [0.1, 0.15) is 12.2 Å². The van der Waals surface area contributed by atoms with E-state index in [4.69, 9.17) is 23.6 Å². The van der Waals surface area contributed by atoms with Crippen LogP contribution >= 0.6 is 7.82 Å². The summed E-state index contributed by atoms with van der Waals surface area (Å²) in [5.74, 6) is -0.394. The molecule has 0 radical (unpaired) electrons. The van der Waals surface area contributed by atoms with Gasteiger partial charge in [-0.25, -0.2) is 4.57 Å². The molecule has 10 heteroatoms. The Morgan fingerprint density at radius 2 is 0.983 bits per heavy atom. The molecule has 0 spiro atoms. The van der Waals surface area contributed by atoms with Crippen LogP contribution in [0.15, 0.2) is 60.8 Å². The van der Waals surface area contributed by atoms with Gasteiger partial charge >= 0.3 is 13.8 Å². The fourth-order valence-electron chi connectivity index (χ4n) is 6.16. The van der Waals surface area contributed by atoms with E-state index in [2.05, 4.69) is 74.6 Å². The number of phosphoric ester groups is 1.